The van der Waals surface area contributed by atoms with Crippen LogP contribution >= 0.6 is 11.6 Å². The summed E-state index contributed by atoms with van der Waals surface area (Å²) in [5, 5.41) is 0.637. The third-order valence-corrected chi connectivity index (χ3v) is 6.59. The van der Waals surface area contributed by atoms with E-state index < -0.39 is 10.0 Å². The standard InChI is InChI=1S/C22H21ClN2O3S/c1-24(16-17-11-13-19(23)14-12-17)22(26)18-7-6-8-20(15-18)25(2)29(27,28)21-9-4-3-5-10-21/h3-15H,16H2,1-2H3. The topological polar surface area (TPSA) is 57.7 Å². The number of benzene rings is 3. The van der Waals surface area contributed by atoms with Crippen molar-refractivity contribution >= 4 is 33.2 Å². The van der Waals surface area contributed by atoms with Crippen molar-refractivity contribution in [1.82, 2.24) is 4.90 Å². The molecule has 3 rings (SSSR count). The molecule has 150 valence electrons. The number of amides is 1. The zero-order valence-electron chi connectivity index (χ0n) is 16.1. The predicted octanol–water partition coefficient (Wildman–Crippen LogP) is 4.44. The molecule has 29 heavy (non-hydrogen) atoms. The van der Waals surface area contributed by atoms with Gasteiger partial charge in [0.2, 0.25) is 0 Å². The first-order valence-electron chi connectivity index (χ1n) is 8.93. The highest BCUT2D eigenvalue weighted by atomic mass is 35.5. The van der Waals surface area contributed by atoms with E-state index in [0.29, 0.717) is 22.8 Å². The van der Waals surface area contributed by atoms with Crippen molar-refractivity contribution in [2.24, 2.45) is 0 Å². The largest absolute Gasteiger partial charge is 0.337 e. The van der Waals surface area contributed by atoms with E-state index in [1.54, 1.807) is 78.7 Å². The maximum absolute atomic E-state index is 12.8. The Morgan fingerprint density at radius 3 is 2.21 bits per heavy atom. The average Bonchev–Trinajstić information content (AvgIpc) is 2.75. The lowest BCUT2D eigenvalue weighted by molar-refractivity contribution is 0.0785. The molecule has 7 heteroatoms. The Labute approximate surface area is 176 Å². The number of carbonyl (C=O) groups excluding carboxylic acids is 1. The van der Waals surface area contributed by atoms with Crippen molar-refractivity contribution in [3.8, 4) is 0 Å². The van der Waals surface area contributed by atoms with E-state index in [1.807, 2.05) is 12.1 Å². The summed E-state index contributed by atoms with van der Waals surface area (Å²) in [5.41, 5.74) is 1.78. The normalized spacial score (nSPS) is 11.1. The molecule has 0 aliphatic heterocycles. The third-order valence-electron chi connectivity index (χ3n) is 4.54. The number of rotatable bonds is 6. The van der Waals surface area contributed by atoms with Gasteiger partial charge in [-0.25, -0.2) is 8.42 Å². The number of hydrogen-bond acceptors (Lipinski definition) is 3. The van der Waals surface area contributed by atoms with Crippen molar-refractivity contribution in [2.75, 3.05) is 18.4 Å². The Hall–Kier alpha value is -2.83. The minimum atomic E-state index is -3.71. The van der Waals surface area contributed by atoms with Crippen molar-refractivity contribution in [3.63, 3.8) is 0 Å². The van der Waals surface area contributed by atoms with Gasteiger partial charge in [-0.1, -0.05) is 48.0 Å². The highest BCUT2D eigenvalue weighted by Gasteiger charge is 2.22. The molecule has 0 spiro atoms. The van der Waals surface area contributed by atoms with E-state index in [0.717, 1.165) is 5.56 Å². The van der Waals surface area contributed by atoms with Crippen LogP contribution in [-0.4, -0.2) is 33.3 Å². The maximum atomic E-state index is 12.8. The summed E-state index contributed by atoms with van der Waals surface area (Å²) in [6.07, 6.45) is 0. The molecule has 0 atom stereocenters. The molecule has 0 fully saturated rings. The lowest BCUT2D eigenvalue weighted by atomic mass is 10.1. The van der Waals surface area contributed by atoms with E-state index in [-0.39, 0.29) is 10.8 Å². The summed E-state index contributed by atoms with van der Waals surface area (Å²) in [6.45, 7) is 0.415. The molecule has 0 saturated carbocycles. The van der Waals surface area contributed by atoms with Gasteiger partial charge in [0.25, 0.3) is 15.9 Å². The van der Waals surface area contributed by atoms with Crippen molar-refractivity contribution < 1.29 is 13.2 Å². The lowest BCUT2D eigenvalue weighted by Crippen LogP contribution is -2.28. The fourth-order valence-corrected chi connectivity index (χ4v) is 4.21. The van der Waals surface area contributed by atoms with E-state index in [4.69, 9.17) is 11.6 Å². The summed E-state index contributed by atoms with van der Waals surface area (Å²) in [4.78, 5) is 14.6. The van der Waals surface area contributed by atoms with Gasteiger partial charge < -0.3 is 4.90 Å². The van der Waals surface area contributed by atoms with E-state index in [9.17, 15) is 13.2 Å². The fraction of sp³-hybridized carbons (Fsp3) is 0.136. The molecule has 5 nitrogen and oxygen atoms in total. The Kier molecular flexibility index (Phi) is 6.25. The number of nitrogens with zero attached hydrogens (tertiary/aromatic N) is 2. The van der Waals surface area contributed by atoms with Gasteiger partial charge in [0.05, 0.1) is 10.6 Å². The molecule has 3 aromatic rings. The van der Waals surface area contributed by atoms with E-state index in [2.05, 4.69) is 0 Å². The molecule has 0 aliphatic carbocycles. The van der Waals surface area contributed by atoms with Crippen LogP contribution in [0.25, 0.3) is 0 Å². The number of hydrogen-bond donors (Lipinski definition) is 0. The minimum absolute atomic E-state index is 0.194. The van der Waals surface area contributed by atoms with Crippen LogP contribution in [0.3, 0.4) is 0 Å². The Bertz CT molecular complexity index is 1100. The van der Waals surface area contributed by atoms with Gasteiger partial charge in [0.15, 0.2) is 0 Å². The lowest BCUT2D eigenvalue weighted by Gasteiger charge is -2.21. The maximum Gasteiger partial charge on any atom is 0.264 e. The van der Waals surface area contributed by atoms with Crippen molar-refractivity contribution in [1.29, 1.82) is 0 Å². The molecule has 0 bridgehead atoms. The van der Waals surface area contributed by atoms with E-state index in [1.165, 1.54) is 11.4 Å². The summed E-state index contributed by atoms with van der Waals surface area (Å²) in [7, 11) is -0.533. The Morgan fingerprint density at radius 2 is 1.55 bits per heavy atom. The second-order valence-corrected chi connectivity index (χ2v) is 9.03. The van der Waals surface area contributed by atoms with Gasteiger partial charge >= 0.3 is 0 Å². The van der Waals surface area contributed by atoms with Gasteiger partial charge in [0, 0.05) is 31.2 Å². The van der Waals surface area contributed by atoms with Crippen LogP contribution in [0.5, 0.6) is 0 Å². The van der Waals surface area contributed by atoms with Crippen LogP contribution in [0.4, 0.5) is 5.69 Å². The first kappa shape index (κ1) is 20.9. The van der Waals surface area contributed by atoms with Crippen LogP contribution in [0.15, 0.2) is 83.8 Å². The van der Waals surface area contributed by atoms with Gasteiger partial charge in [-0.15, -0.1) is 0 Å². The third kappa shape index (κ3) is 4.78. The molecule has 0 N–H and O–H groups in total. The summed E-state index contributed by atoms with van der Waals surface area (Å²) < 4.78 is 26.9. The molecule has 0 aromatic heterocycles. The number of sulfonamides is 1. The second kappa shape index (κ2) is 8.68. The Morgan fingerprint density at radius 1 is 0.897 bits per heavy atom. The molecule has 3 aromatic carbocycles. The first-order valence-corrected chi connectivity index (χ1v) is 10.7. The molecule has 1 amide bonds. The predicted molar refractivity (Wildman–Crippen MR) is 116 cm³/mol. The molecule has 0 heterocycles. The monoisotopic (exact) mass is 428 g/mol. The summed E-state index contributed by atoms with van der Waals surface area (Å²) >= 11 is 5.90. The molecule has 0 aliphatic rings. The van der Waals surface area contributed by atoms with Gasteiger partial charge in [-0.3, -0.25) is 9.10 Å². The number of anilines is 1. The average molecular weight is 429 g/mol. The minimum Gasteiger partial charge on any atom is -0.337 e. The molecule has 0 unspecified atom stereocenters. The second-order valence-electron chi connectivity index (χ2n) is 6.62. The highest BCUT2D eigenvalue weighted by molar-refractivity contribution is 7.92. The number of halogens is 1. The van der Waals surface area contributed by atoms with Crippen molar-refractivity contribution in [2.45, 2.75) is 11.4 Å². The zero-order valence-corrected chi connectivity index (χ0v) is 17.7. The molecule has 0 saturated heterocycles. The van der Waals surface area contributed by atoms with Gasteiger partial charge in [-0.2, -0.15) is 0 Å². The quantitative estimate of drug-likeness (QED) is 0.583. The zero-order chi connectivity index (χ0) is 21.0. The highest BCUT2D eigenvalue weighted by Crippen LogP contribution is 2.23. The van der Waals surface area contributed by atoms with Crippen LogP contribution in [0, 0.1) is 0 Å². The number of carbonyl (C=O) groups is 1. The van der Waals surface area contributed by atoms with Gasteiger partial charge in [0.1, 0.15) is 0 Å². The summed E-state index contributed by atoms with van der Waals surface area (Å²) in [5.74, 6) is -0.202. The van der Waals surface area contributed by atoms with Crippen LogP contribution in [0.2, 0.25) is 5.02 Å². The molecule has 0 radical (unpaired) electrons. The van der Waals surface area contributed by atoms with Crippen LogP contribution in [-0.2, 0) is 16.6 Å². The van der Waals surface area contributed by atoms with Crippen molar-refractivity contribution in [3.05, 3.63) is 95.0 Å². The van der Waals surface area contributed by atoms with Gasteiger partial charge in [-0.05, 0) is 48.0 Å². The van der Waals surface area contributed by atoms with Crippen LogP contribution < -0.4 is 4.31 Å². The first-order chi connectivity index (χ1) is 13.8. The molecular formula is C22H21ClN2O3S. The Balaban J connectivity index is 1.81. The smallest absolute Gasteiger partial charge is 0.264 e. The molecular weight excluding hydrogens is 408 g/mol. The van der Waals surface area contributed by atoms with E-state index >= 15 is 0 Å². The fourth-order valence-electron chi connectivity index (χ4n) is 2.88. The SMILES string of the molecule is CN(Cc1ccc(Cl)cc1)C(=O)c1cccc(N(C)S(=O)(=O)c2ccccc2)c1. The summed E-state index contributed by atoms with van der Waals surface area (Å²) in [6, 6.07) is 22.1. The van der Waals surface area contributed by atoms with Crippen LogP contribution in [0.1, 0.15) is 15.9 Å².